The summed E-state index contributed by atoms with van der Waals surface area (Å²) in [5.41, 5.74) is 0.440. The summed E-state index contributed by atoms with van der Waals surface area (Å²) in [5, 5.41) is 12.9. The van der Waals surface area contributed by atoms with Crippen LogP contribution in [0.4, 0.5) is 0 Å². The SMILES string of the molecule is CC(C)CC(C)(O)CNC(=O)CCCc1ccccc1. The monoisotopic (exact) mass is 277 g/mol. The first-order chi connectivity index (χ1) is 9.39. The van der Waals surface area contributed by atoms with Crippen LogP contribution < -0.4 is 5.32 Å². The molecular formula is C17H27NO2. The molecule has 1 amide bonds. The molecule has 0 spiro atoms. The van der Waals surface area contributed by atoms with Crippen LogP contribution in [0.1, 0.15) is 45.6 Å². The van der Waals surface area contributed by atoms with Crippen molar-refractivity contribution in [3.05, 3.63) is 35.9 Å². The van der Waals surface area contributed by atoms with Gasteiger partial charge >= 0.3 is 0 Å². The van der Waals surface area contributed by atoms with E-state index in [2.05, 4.69) is 31.3 Å². The van der Waals surface area contributed by atoms with E-state index in [1.165, 1.54) is 5.56 Å². The molecule has 1 atom stereocenters. The van der Waals surface area contributed by atoms with Crippen molar-refractivity contribution in [3.8, 4) is 0 Å². The van der Waals surface area contributed by atoms with E-state index in [1.54, 1.807) is 6.92 Å². The summed E-state index contributed by atoms with van der Waals surface area (Å²) in [5.74, 6) is 0.435. The molecule has 1 unspecified atom stereocenters. The zero-order chi connectivity index (χ0) is 15.0. The lowest BCUT2D eigenvalue weighted by atomic mass is 9.94. The maximum atomic E-state index is 11.7. The van der Waals surface area contributed by atoms with Gasteiger partial charge in [0, 0.05) is 13.0 Å². The topological polar surface area (TPSA) is 49.3 Å². The minimum atomic E-state index is -0.816. The van der Waals surface area contributed by atoms with Crippen molar-refractivity contribution in [2.45, 2.75) is 52.1 Å². The van der Waals surface area contributed by atoms with E-state index in [-0.39, 0.29) is 5.91 Å². The molecule has 112 valence electrons. The Morgan fingerprint density at radius 2 is 1.95 bits per heavy atom. The standard InChI is InChI=1S/C17H27NO2/c1-14(2)12-17(3,20)13-18-16(19)11-7-10-15-8-5-4-6-9-15/h4-6,8-9,14,20H,7,10-13H2,1-3H3,(H,18,19). The van der Waals surface area contributed by atoms with E-state index in [0.29, 0.717) is 25.3 Å². The third-order valence-corrected chi connectivity index (χ3v) is 3.23. The van der Waals surface area contributed by atoms with Gasteiger partial charge in [0.15, 0.2) is 0 Å². The molecule has 0 radical (unpaired) electrons. The van der Waals surface area contributed by atoms with Crippen LogP contribution in [-0.2, 0) is 11.2 Å². The summed E-state index contributed by atoms with van der Waals surface area (Å²) in [7, 11) is 0. The number of hydrogen-bond donors (Lipinski definition) is 2. The smallest absolute Gasteiger partial charge is 0.220 e. The lowest BCUT2D eigenvalue weighted by Gasteiger charge is -2.25. The van der Waals surface area contributed by atoms with E-state index in [0.717, 1.165) is 12.8 Å². The first-order valence-electron chi connectivity index (χ1n) is 7.42. The number of aliphatic hydroxyl groups is 1. The van der Waals surface area contributed by atoms with Gasteiger partial charge in [-0.15, -0.1) is 0 Å². The molecule has 0 aliphatic rings. The van der Waals surface area contributed by atoms with Gasteiger partial charge in [-0.1, -0.05) is 44.2 Å². The van der Waals surface area contributed by atoms with Crippen molar-refractivity contribution in [2.24, 2.45) is 5.92 Å². The van der Waals surface area contributed by atoms with Crippen LogP contribution in [0, 0.1) is 5.92 Å². The lowest BCUT2D eigenvalue weighted by Crippen LogP contribution is -2.41. The van der Waals surface area contributed by atoms with Gasteiger partial charge in [-0.3, -0.25) is 4.79 Å². The summed E-state index contributed by atoms with van der Waals surface area (Å²) in [6, 6.07) is 10.2. The molecule has 0 heterocycles. The largest absolute Gasteiger partial charge is 0.388 e. The second kappa shape index (κ2) is 8.05. The highest BCUT2D eigenvalue weighted by Crippen LogP contribution is 2.15. The molecular weight excluding hydrogens is 250 g/mol. The van der Waals surface area contributed by atoms with Crippen molar-refractivity contribution < 1.29 is 9.90 Å². The predicted octanol–water partition coefficient (Wildman–Crippen LogP) is 2.92. The van der Waals surface area contributed by atoms with Crippen LogP contribution in [-0.4, -0.2) is 23.2 Å². The Hall–Kier alpha value is -1.35. The maximum Gasteiger partial charge on any atom is 0.220 e. The van der Waals surface area contributed by atoms with Crippen molar-refractivity contribution in [1.29, 1.82) is 0 Å². The van der Waals surface area contributed by atoms with Gasteiger partial charge in [-0.05, 0) is 37.7 Å². The number of nitrogens with one attached hydrogen (secondary N) is 1. The molecule has 1 aromatic rings. The van der Waals surface area contributed by atoms with Crippen molar-refractivity contribution >= 4 is 5.91 Å². The molecule has 0 saturated carbocycles. The van der Waals surface area contributed by atoms with Gasteiger partial charge in [0.2, 0.25) is 5.91 Å². The van der Waals surface area contributed by atoms with Crippen LogP contribution in [0.25, 0.3) is 0 Å². The van der Waals surface area contributed by atoms with Gasteiger partial charge < -0.3 is 10.4 Å². The highest BCUT2D eigenvalue weighted by Gasteiger charge is 2.22. The number of carbonyl (C=O) groups is 1. The Morgan fingerprint density at radius 3 is 2.55 bits per heavy atom. The number of hydrogen-bond acceptors (Lipinski definition) is 2. The summed E-state index contributed by atoms with van der Waals surface area (Å²) in [6.45, 7) is 6.24. The van der Waals surface area contributed by atoms with E-state index >= 15 is 0 Å². The van der Waals surface area contributed by atoms with E-state index < -0.39 is 5.60 Å². The molecule has 1 rings (SSSR count). The quantitative estimate of drug-likeness (QED) is 0.767. The lowest BCUT2D eigenvalue weighted by molar-refractivity contribution is -0.122. The first-order valence-corrected chi connectivity index (χ1v) is 7.42. The molecule has 0 bridgehead atoms. The summed E-state index contributed by atoms with van der Waals surface area (Å²) in [4.78, 5) is 11.7. The van der Waals surface area contributed by atoms with Crippen LogP contribution in [0.2, 0.25) is 0 Å². The molecule has 1 aromatic carbocycles. The second-order valence-electron chi connectivity index (χ2n) is 6.21. The Bertz CT molecular complexity index is 399. The van der Waals surface area contributed by atoms with Gasteiger partial charge in [0.25, 0.3) is 0 Å². The van der Waals surface area contributed by atoms with Gasteiger partial charge in [-0.25, -0.2) is 0 Å². The minimum absolute atomic E-state index is 0.0185. The highest BCUT2D eigenvalue weighted by molar-refractivity contribution is 5.75. The van der Waals surface area contributed by atoms with Gasteiger partial charge in [0.1, 0.15) is 0 Å². The maximum absolute atomic E-state index is 11.7. The fraction of sp³-hybridized carbons (Fsp3) is 0.588. The molecule has 20 heavy (non-hydrogen) atoms. The Labute approximate surface area is 122 Å². The van der Waals surface area contributed by atoms with Crippen LogP contribution >= 0.6 is 0 Å². The third-order valence-electron chi connectivity index (χ3n) is 3.23. The molecule has 0 saturated heterocycles. The van der Waals surface area contributed by atoms with Gasteiger partial charge in [0.05, 0.1) is 5.60 Å². The Kier molecular flexibility index (Phi) is 6.73. The van der Waals surface area contributed by atoms with Crippen molar-refractivity contribution in [2.75, 3.05) is 6.54 Å². The summed E-state index contributed by atoms with van der Waals surface area (Å²) < 4.78 is 0. The van der Waals surface area contributed by atoms with Crippen molar-refractivity contribution in [1.82, 2.24) is 5.32 Å². The van der Waals surface area contributed by atoms with Crippen LogP contribution in [0.5, 0.6) is 0 Å². The molecule has 0 aliphatic carbocycles. The first kappa shape index (κ1) is 16.7. The van der Waals surface area contributed by atoms with Gasteiger partial charge in [-0.2, -0.15) is 0 Å². The van der Waals surface area contributed by atoms with Crippen LogP contribution in [0.3, 0.4) is 0 Å². The molecule has 3 heteroatoms. The minimum Gasteiger partial charge on any atom is -0.388 e. The summed E-state index contributed by atoms with van der Waals surface area (Å²) >= 11 is 0. The Balaban J connectivity index is 2.20. The highest BCUT2D eigenvalue weighted by atomic mass is 16.3. The number of rotatable bonds is 8. The molecule has 2 N–H and O–H groups in total. The zero-order valence-electron chi connectivity index (χ0n) is 12.9. The Morgan fingerprint density at radius 1 is 1.30 bits per heavy atom. The average Bonchev–Trinajstić information content (AvgIpc) is 2.36. The normalized spacial score (nSPS) is 14.1. The van der Waals surface area contributed by atoms with Crippen LogP contribution in [0.15, 0.2) is 30.3 Å². The van der Waals surface area contributed by atoms with E-state index in [4.69, 9.17) is 0 Å². The fourth-order valence-electron chi connectivity index (χ4n) is 2.43. The summed E-state index contributed by atoms with van der Waals surface area (Å²) in [6.07, 6.45) is 2.95. The number of benzene rings is 1. The molecule has 0 aromatic heterocycles. The third kappa shape index (κ3) is 7.29. The number of aryl methyl sites for hydroxylation is 1. The average molecular weight is 277 g/mol. The fourth-order valence-corrected chi connectivity index (χ4v) is 2.43. The van der Waals surface area contributed by atoms with Crippen molar-refractivity contribution in [3.63, 3.8) is 0 Å². The van der Waals surface area contributed by atoms with E-state index in [9.17, 15) is 9.90 Å². The number of carbonyl (C=O) groups excluding carboxylic acids is 1. The van der Waals surface area contributed by atoms with E-state index in [1.807, 2.05) is 18.2 Å². The molecule has 0 aliphatic heterocycles. The molecule has 3 nitrogen and oxygen atoms in total. The molecule has 0 fully saturated rings. The predicted molar refractivity (Wildman–Crippen MR) is 82.5 cm³/mol. The zero-order valence-corrected chi connectivity index (χ0v) is 12.9. The number of amides is 1. The second-order valence-corrected chi connectivity index (χ2v) is 6.21.